The number of rotatable bonds is 7. The molecule has 0 radical (unpaired) electrons. The molecule has 1 saturated heterocycles. The Labute approximate surface area is 216 Å². The number of nitrogens with zero attached hydrogens (tertiary/aromatic N) is 2. The highest BCUT2D eigenvalue weighted by molar-refractivity contribution is 7.89. The molecule has 0 bridgehead atoms. The van der Waals surface area contributed by atoms with Gasteiger partial charge in [-0.15, -0.1) is 0 Å². The standard InChI is InChI=1S/C24H20ClN3O8S/c25-22-9-8-20(37(33,34)27-10-12-35-13-11-27)15-21(22)24(30)36-19-3-1-2-17(14-19)26-23(29)16-4-6-18(7-5-16)28(31)32/h1-9,14-15H,10-13H2,(H,26,29). The predicted molar refractivity (Wildman–Crippen MR) is 133 cm³/mol. The zero-order valence-electron chi connectivity index (χ0n) is 19.1. The minimum atomic E-state index is -3.86. The van der Waals surface area contributed by atoms with E-state index in [2.05, 4.69) is 5.32 Å². The van der Waals surface area contributed by atoms with Gasteiger partial charge in [-0.25, -0.2) is 13.2 Å². The van der Waals surface area contributed by atoms with Crippen molar-refractivity contribution in [2.75, 3.05) is 31.6 Å². The van der Waals surface area contributed by atoms with Gasteiger partial charge in [-0.2, -0.15) is 4.31 Å². The minimum Gasteiger partial charge on any atom is -0.423 e. The fourth-order valence-corrected chi connectivity index (χ4v) is 5.12. The third kappa shape index (κ3) is 6.12. The fraction of sp³-hybridized carbons (Fsp3) is 0.167. The molecule has 0 atom stereocenters. The largest absolute Gasteiger partial charge is 0.423 e. The lowest BCUT2D eigenvalue weighted by Crippen LogP contribution is -2.40. The van der Waals surface area contributed by atoms with Crippen LogP contribution in [0.1, 0.15) is 20.7 Å². The Kier molecular flexibility index (Phi) is 7.83. The Morgan fingerprint density at radius 3 is 2.41 bits per heavy atom. The van der Waals surface area contributed by atoms with Crippen molar-refractivity contribution in [3.8, 4) is 5.75 Å². The van der Waals surface area contributed by atoms with E-state index in [1.807, 2.05) is 0 Å². The van der Waals surface area contributed by atoms with Gasteiger partial charge >= 0.3 is 5.97 Å². The number of benzene rings is 3. The van der Waals surface area contributed by atoms with E-state index in [4.69, 9.17) is 21.1 Å². The molecule has 37 heavy (non-hydrogen) atoms. The first-order valence-electron chi connectivity index (χ1n) is 10.9. The molecule has 1 aliphatic rings. The molecule has 11 nitrogen and oxygen atoms in total. The molecule has 1 amide bonds. The second-order valence-corrected chi connectivity index (χ2v) is 10.2. The molecule has 3 aromatic rings. The molecule has 3 aromatic carbocycles. The first kappa shape index (κ1) is 26.2. The van der Waals surface area contributed by atoms with Crippen LogP contribution in [0.4, 0.5) is 11.4 Å². The van der Waals surface area contributed by atoms with Gasteiger partial charge in [-0.1, -0.05) is 17.7 Å². The number of hydrogen-bond donors (Lipinski definition) is 1. The number of non-ortho nitro benzene ring substituents is 1. The first-order chi connectivity index (χ1) is 17.6. The van der Waals surface area contributed by atoms with E-state index in [1.165, 1.54) is 58.9 Å². The van der Waals surface area contributed by atoms with E-state index in [0.29, 0.717) is 5.69 Å². The normalized spacial score (nSPS) is 14.1. The summed E-state index contributed by atoms with van der Waals surface area (Å²) in [6.07, 6.45) is 0. The van der Waals surface area contributed by atoms with E-state index in [-0.39, 0.29) is 58.8 Å². The third-order valence-electron chi connectivity index (χ3n) is 5.41. The van der Waals surface area contributed by atoms with Crippen LogP contribution in [0.25, 0.3) is 0 Å². The predicted octanol–water partition coefficient (Wildman–Crippen LogP) is 3.74. The Morgan fingerprint density at radius 1 is 1.03 bits per heavy atom. The Balaban J connectivity index is 1.48. The zero-order valence-corrected chi connectivity index (χ0v) is 20.7. The lowest BCUT2D eigenvalue weighted by atomic mass is 10.2. The molecule has 0 aliphatic carbocycles. The molecule has 1 aliphatic heterocycles. The Bertz CT molecular complexity index is 1460. The molecule has 0 spiro atoms. The number of carbonyl (C=O) groups excluding carboxylic acids is 2. The van der Waals surface area contributed by atoms with Gasteiger partial charge in [0.25, 0.3) is 11.6 Å². The van der Waals surface area contributed by atoms with Crippen molar-refractivity contribution in [2.45, 2.75) is 4.90 Å². The number of amides is 1. The van der Waals surface area contributed by atoms with Crippen LogP contribution >= 0.6 is 11.6 Å². The maximum absolute atomic E-state index is 12.9. The number of nitro benzene ring substituents is 1. The van der Waals surface area contributed by atoms with E-state index >= 15 is 0 Å². The number of esters is 1. The molecular formula is C24H20ClN3O8S. The van der Waals surface area contributed by atoms with Gasteiger partial charge in [-0.05, 0) is 42.5 Å². The number of anilines is 1. The van der Waals surface area contributed by atoms with Crippen LogP contribution in [0, 0.1) is 10.1 Å². The van der Waals surface area contributed by atoms with Crippen molar-refractivity contribution in [1.82, 2.24) is 4.31 Å². The van der Waals surface area contributed by atoms with Crippen molar-refractivity contribution < 1.29 is 32.4 Å². The molecule has 1 fully saturated rings. The summed E-state index contributed by atoms with van der Waals surface area (Å²) in [5.41, 5.74) is 0.198. The summed E-state index contributed by atoms with van der Waals surface area (Å²) in [6, 6.07) is 14.8. The second kappa shape index (κ2) is 11.0. The van der Waals surface area contributed by atoms with Crippen molar-refractivity contribution in [1.29, 1.82) is 0 Å². The molecule has 0 aromatic heterocycles. The van der Waals surface area contributed by atoms with Gasteiger partial charge in [0.15, 0.2) is 0 Å². The average molecular weight is 546 g/mol. The number of carbonyl (C=O) groups is 2. The van der Waals surface area contributed by atoms with Crippen LogP contribution in [0.5, 0.6) is 5.75 Å². The van der Waals surface area contributed by atoms with E-state index in [9.17, 15) is 28.1 Å². The first-order valence-corrected chi connectivity index (χ1v) is 12.7. The summed E-state index contributed by atoms with van der Waals surface area (Å²) < 4.78 is 37.8. The number of ether oxygens (including phenoxy) is 2. The van der Waals surface area contributed by atoms with Crippen molar-refractivity contribution >= 4 is 44.9 Å². The van der Waals surface area contributed by atoms with Gasteiger partial charge in [0, 0.05) is 42.5 Å². The number of nitro groups is 1. The van der Waals surface area contributed by atoms with Gasteiger partial charge in [0.1, 0.15) is 5.75 Å². The number of halogens is 1. The average Bonchev–Trinajstić information content (AvgIpc) is 2.89. The maximum Gasteiger partial charge on any atom is 0.345 e. The summed E-state index contributed by atoms with van der Waals surface area (Å²) in [5.74, 6) is -1.34. The van der Waals surface area contributed by atoms with Crippen molar-refractivity contribution in [3.63, 3.8) is 0 Å². The highest BCUT2D eigenvalue weighted by Crippen LogP contribution is 2.26. The zero-order chi connectivity index (χ0) is 26.6. The van der Waals surface area contributed by atoms with Gasteiger partial charge < -0.3 is 14.8 Å². The van der Waals surface area contributed by atoms with Crippen LogP contribution < -0.4 is 10.1 Å². The van der Waals surface area contributed by atoms with Crippen LogP contribution in [-0.2, 0) is 14.8 Å². The monoisotopic (exact) mass is 545 g/mol. The van der Waals surface area contributed by atoms with Crippen molar-refractivity contribution in [3.05, 3.63) is 93.0 Å². The van der Waals surface area contributed by atoms with Crippen molar-refractivity contribution in [2.24, 2.45) is 0 Å². The number of sulfonamides is 1. The highest BCUT2D eigenvalue weighted by atomic mass is 35.5. The molecule has 0 unspecified atom stereocenters. The summed E-state index contributed by atoms with van der Waals surface area (Å²) in [4.78, 5) is 35.4. The van der Waals surface area contributed by atoms with Crippen LogP contribution in [0.15, 0.2) is 71.6 Å². The summed E-state index contributed by atoms with van der Waals surface area (Å²) >= 11 is 6.16. The number of morpholine rings is 1. The summed E-state index contributed by atoms with van der Waals surface area (Å²) in [5, 5.41) is 13.4. The van der Waals surface area contributed by atoms with E-state index in [1.54, 1.807) is 6.07 Å². The molecule has 4 rings (SSSR count). The number of nitrogens with one attached hydrogen (secondary N) is 1. The van der Waals surface area contributed by atoms with Gasteiger partial charge in [0.05, 0.1) is 33.6 Å². The maximum atomic E-state index is 12.9. The Hall–Kier alpha value is -3.84. The van der Waals surface area contributed by atoms with Crippen LogP contribution in [0.3, 0.4) is 0 Å². The molecule has 13 heteroatoms. The van der Waals surface area contributed by atoms with Gasteiger partial charge in [-0.3, -0.25) is 14.9 Å². The number of hydrogen-bond acceptors (Lipinski definition) is 8. The van der Waals surface area contributed by atoms with E-state index in [0.717, 1.165) is 6.07 Å². The fourth-order valence-electron chi connectivity index (χ4n) is 3.49. The summed E-state index contributed by atoms with van der Waals surface area (Å²) in [7, 11) is -3.86. The smallest absolute Gasteiger partial charge is 0.345 e. The quantitative estimate of drug-likeness (QED) is 0.204. The molecular weight excluding hydrogens is 526 g/mol. The topological polar surface area (TPSA) is 145 Å². The molecule has 0 saturated carbocycles. The SMILES string of the molecule is O=C(Nc1cccc(OC(=O)c2cc(S(=O)(=O)N3CCOCC3)ccc2Cl)c1)c1ccc([N+](=O)[O-])cc1. The minimum absolute atomic E-state index is 0.00792. The van der Waals surface area contributed by atoms with Crippen LogP contribution in [0.2, 0.25) is 5.02 Å². The van der Waals surface area contributed by atoms with E-state index < -0.39 is 26.8 Å². The molecule has 192 valence electrons. The van der Waals surface area contributed by atoms with Crippen LogP contribution in [-0.4, -0.2) is 55.8 Å². The lowest BCUT2D eigenvalue weighted by molar-refractivity contribution is -0.384. The third-order valence-corrected chi connectivity index (χ3v) is 7.63. The lowest BCUT2D eigenvalue weighted by Gasteiger charge is -2.26. The molecule has 1 N–H and O–H groups in total. The molecule has 1 heterocycles. The highest BCUT2D eigenvalue weighted by Gasteiger charge is 2.28. The summed E-state index contributed by atoms with van der Waals surface area (Å²) in [6.45, 7) is 0.948. The second-order valence-electron chi connectivity index (χ2n) is 7.83. The Morgan fingerprint density at radius 2 is 1.73 bits per heavy atom. The van der Waals surface area contributed by atoms with Gasteiger partial charge in [0.2, 0.25) is 10.0 Å².